The third-order valence-corrected chi connectivity index (χ3v) is 7.11. The summed E-state index contributed by atoms with van der Waals surface area (Å²) in [6.07, 6.45) is 9.35. The molecule has 2 fully saturated rings. The molecule has 0 aromatic heterocycles. The van der Waals surface area contributed by atoms with Gasteiger partial charge in [0.2, 0.25) is 16.0 Å². The van der Waals surface area contributed by atoms with Gasteiger partial charge in [-0.1, -0.05) is 24.9 Å². The Hall–Kier alpha value is -0.960. The predicted octanol–water partition coefficient (Wildman–Crippen LogP) is 3.47. The molecule has 1 unspecified atom stereocenters. The first-order chi connectivity index (χ1) is 14.4. The predicted molar refractivity (Wildman–Crippen MR) is 125 cm³/mol. The highest BCUT2D eigenvalue weighted by Crippen LogP contribution is 2.49. The number of aliphatic imine (C=N–C) groups is 2. The van der Waals surface area contributed by atoms with E-state index in [9.17, 15) is 8.42 Å². The molecule has 172 valence electrons. The molecule has 0 radical (unpaired) electrons. The zero-order valence-corrected chi connectivity index (χ0v) is 19.9. The number of ether oxygens (including phenoxy) is 1. The molecule has 30 heavy (non-hydrogen) atoms. The average Bonchev–Trinajstić information content (AvgIpc) is 3.49. The molecule has 0 aromatic carbocycles. The first kappa shape index (κ1) is 25.3. The van der Waals surface area contributed by atoms with Crippen LogP contribution in [0.5, 0.6) is 0 Å². The third-order valence-electron chi connectivity index (χ3n) is 6.27. The molecule has 7 nitrogen and oxygen atoms in total. The molecule has 1 heterocycles. The number of rotatable bonds is 12. The summed E-state index contributed by atoms with van der Waals surface area (Å²) >= 11 is 5.54. The summed E-state index contributed by atoms with van der Waals surface area (Å²) in [6.45, 7) is 9.68. The smallest absolute Gasteiger partial charge is 0.224 e. The zero-order chi connectivity index (χ0) is 22.0. The molecule has 1 saturated carbocycles. The van der Waals surface area contributed by atoms with Gasteiger partial charge in [-0.3, -0.25) is 0 Å². The van der Waals surface area contributed by atoms with E-state index in [1.54, 1.807) is 6.20 Å². The van der Waals surface area contributed by atoms with Crippen molar-refractivity contribution in [1.29, 1.82) is 0 Å². The molecule has 2 aliphatic rings. The Bertz CT molecular complexity index is 690. The minimum atomic E-state index is -3.10. The molecule has 1 N–H and O–H groups in total. The fourth-order valence-corrected chi connectivity index (χ4v) is 4.91. The van der Waals surface area contributed by atoms with Crippen LogP contribution >= 0.6 is 11.6 Å². The summed E-state index contributed by atoms with van der Waals surface area (Å²) < 4.78 is 30.8. The first-order valence-electron chi connectivity index (χ1n) is 10.9. The molecule has 0 spiro atoms. The summed E-state index contributed by atoms with van der Waals surface area (Å²) in [5.74, 6) is 3.46. The molecule has 1 saturated heterocycles. The number of nitrogens with zero attached hydrogens (tertiary/aromatic N) is 3. The lowest BCUT2D eigenvalue weighted by Gasteiger charge is -2.32. The summed E-state index contributed by atoms with van der Waals surface area (Å²) in [4.78, 5) is 10.4. The average molecular weight is 461 g/mol. The van der Waals surface area contributed by atoms with Crippen LogP contribution in [0.2, 0.25) is 0 Å². The lowest BCUT2D eigenvalue weighted by Crippen LogP contribution is -2.38. The Morgan fingerprint density at radius 1 is 1.40 bits per heavy atom. The normalized spacial score (nSPS) is 24.4. The van der Waals surface area contributed by atoms with E-state index < -0.39 is 10.0 Å². The second-order valence-corrected chi connectivity index (χ2v) is 10.5. The van der Waals surface area contributed by atoms with Crippen molar-refractivity contribution in [3.63, 3.8) is 0 Å². The van der Waals surface area contributed by atoms with E-state index in [-0.39, 0.29) is 0 Å². The molecule has 0 amide bonds. The van der Waals surface area contributed by atoms with Gasteiger partial charge >= 0.3 is 0 Å². The number of likely N-dealkylation sites (tertiary alicyclic amines) is 1. The van der Waals surface area contributed by atoms with Crippen LogP contribution in [0.25, 0.3) is 0 Å². The van der Waals surface area contributed by atoms with Crippen molar-refractivity contribution in [2.75, 3.05) is 39.1 Å². The summed E-state index contributed by atoms with van der Waals surface area (Å²) in [7, 11) is -3.10. The monoisotopic (exact) mass is 460 g/mol. The highest BCUT2D eigenvalue weighted by molar-refractivity contribution is 7.88. The van der Waals surface area contributed by atoms with Crippen molar-refractivity contribution in [2.45, 2.75) is 45.4 Å². The Morgan fingerprint density at radius 3 is 2.73 bits per heavy atom. The topological polar surface area (TPSA) is 83.4 Å². The van der Waals surface area contributed by atoms with Crippen molar-refractivity contribution in [3.05, 3.63) is 11.7 Å². The second-order valence-electron chi connectivity index (χ2n) is 8.44. The molecule has 3 atom stereocenters. The summed E-state index contributed by atoms with van der Waals surface area (Å²) in [6, 6.07) is 0. The van der Waals surface area contributed by atoms with Gasteiger partial charge in [0.1, 0.15) is 0 Å². The Labute approximate surface area is 187 Å². The van der Waals surface area contributed by atoms with Gasteiger partial charge < -0.3 is 9.64 Å². The maximum Gasteiger partial charge on any atom is 0.224 e. The first-order valence-corrected chi connectivity index (χ1v) is 13.3. The van der Waals surface area contributed by atoms with E-state index in [0.717, 1.165) is 56.7 Å². The zero-order valence-electron chi connectivity index (χ0n) is 18.3. The molecular formula is C21H37ClN4O3S. The molecule has 0 bridgehead atoms. The molecular weight excluding hydrogens is 424 g/mol. The number of piperidine rings is 1. The van der Waals surface area contributed by atoms with Gasteiger partial charge in [-0.2, -0.15) is 0 Å². The highest BCUT2D eigenvalue weighted by atomic mass is 35.5. The summed E-state index contributed by atoms with van der Waals surface area (Å²) in [5.41, 5.74) is 1.38. The van der Waals surface area contributed by atoms with Crippen LogP contribution in [-0.4, -0.2) is 65.1 Å². The number of hydrogen-bond donors (Lipinski definition) is 1. The summed E-state index contributed by atoms with van der Waals surface area (Å²) in [5, 5.41) is 0. The van der Waals surface area contributed by atoms with Crippen LogP contribution in [0.4, 0.5) is 0 Å². The van der Waals surface area contributed by atoms with Gasteiger partial charge in [-0.25, -0.2) is 23.1 Å². The van der Waals surface area contributed by atoms with Gasteiger partial charge in [0, 0.05) is 44.6 Å². The number of hydrogen-bond acceptors (Lipinski definition) is 4. The Kier molecular flexibility index (Phi) is 10.8. The number of halogens is 1. The maximum absolute atomic E-state index is 11.1. The van der Waals surface area contributed by atoms with E-state index in [0.29, 0.717) is 25.0 Å². The SMILES string of the molecule is C=N/C(=N\C=C\Cl)N1CCC([C@H]2C[C@H]2CCOCC(CC)CCNS(C)(=O)=O)CC1. The minimum absolute atomic E-state index is 0.404. The van der Waals surface area contributed by atoms with Crippen LogP contribution < -0.4 is 4.72 Å². The van der Waals surface area contributed by atoms with Crippen LogP contribution in [0.15, 0.2) is 21.7 Å². The van der Waals surface area contributed by atoms with E-state index >= 15 is 0 Å². The lowest BCUT2D eigenvalue weighted by molar-refractivity contribution is 0.0888. The van der Waals surface area contributed by atoms with E-state index in [4.69, 9.17) is 16.3 Å². The molecule has 1 aliphatic heterocycles. The van der Waals surface area contributed by atoms with Crippen LogP contribution in [-0.2, 0) is 14.8 Å². The van der Waals surface area contributed by atoms with Crippen LogP contribution in [0.3, 0.4) is 0 Å². The van der Waals surface area contributed by atoms with Gasteiger partial charge in [0.15, 0.2) is 0 Å². The van der Waals surface area contributed by atoms with Gasteiger partial charge in [-0.05, 0) is 62.5 Å². The van der Waals surface area contributed by atoms with E-state index in [2.05, 4.69) is 33.2 Å². The maximum atomic E-state index is 11.1. The Balaban J connectivity index is 1.59. The van der Waals surface area contributed by atoms with Crippen molar-refractivity contribution in [1.82, 2.24) is 9.62 Å². The third kappa shape index (κ3) is 9.04. The quantitative estimate of drug-likeness (QED) is 0.274. The van der Waals surface area contributed by atoms with Gasteiger partial charge in [0.05, 0.1) is 6.26 Å². The molecule has 9 heteroatoms. The highest BCUT2D eigenvalue weighted by Gasteiger charge is 2.43. The van der Waals surface area contributed by atoms with Crippen molar-refractivity contribution < 1.29 is 13.2 Å². The molecule has 2 rings (SSSR count). The number of nitrogens with one attached hydrogen (secondary N) is 1. The standard InChI is InChI=1S/C21H37ClN4O3S/c1-4-17(5-10-25-30(3,27)28)16-29-14-8-19-15-20(19)18-6-12-26(13-7-18)21(23-2)24-11-9-22/h9,11,17-20,25H,2,4-8,10,12-16H2,1,3H3/b11-9+,24-21+/t17?,19-,20-/m1/s1. The van der Waals surface area contributed by atoms with Crippen LogP contribution in [0.1, 0.15) is 45.4 Å². The fourth-order valence-electron chi connectivity index (χ4n) is 4.36. The van der Waals surface area contributed by atoms with E-state index in [1.165, 1.54) is 31.1 Å². The van der Waals surface area contributed by atoms with Gasteiger partial charge in [-0.15, -0.1) is 0 Å². The largest absolute Gasteiger partial charge is 0.381 e. The second kappa shape index (κ2) is 12.8. The van der Waals surface area contributed by atoms with Crippen LogP contribution in [0, 0.1) is 23.7 Å². The fraction of sp³-hybridized carbons (Fsp3) is 0.810. The van der Waals surface area contributed by atoms with Gasteiger partial charge in [0.25, 0.3) is 0 Å². The van der Waals surface area contributed by atoms with Crippen molar-refractivity contribution >= 4 is 34.3 Å². The minimum Gasteiger partial charge on any atom is -0.381 e. The Morgan fingerprint density at radius 2 is 2.13 bits per heavy atom. The lowest BCUT2D eigenvalue weighted by atomic mass is 9.90. The van der Waals surface area contributed by atoms with Crippen molar-refractivity contribution in [2.24, 2.45) is 33.7 Å². The molecule has 0 aromatic rings. The number of guanidine groups is 1. The molecule has 1 aliphatic carbocycles. The number of sulfonamides is 1. The van der Waals surface area contributed by atoms with E-state index in [1.807, 2.05) is 0 Å². The van der Waals surface area contributed by atoms with Crippen molar-refractivity contribution in [3.8, 4) is 0 Å².